The highest BCUT2D eigenvalue weighted by Crippen LogP contribution is 2.21. The van der Waals surface area contributed by atoms with Crippen LogP contribution in [0.1, 0.15) is 36.7 Å². The van der Waals surface area contributed by atoms with Crippen molar-refractivity contribution in [2.45, 2.75) is 26.2 Å². The van der Waals surface area contributed by atoms with Gasteiger partial charge in [-0.2, -0.15) is 0 Å². The Labute approximate surface area is 85.3 Å². The normalized spacial score (nSPS) is 11.4. The van der Waals surface area contributed by atoms with Crippen LogP contribution in [0.4, 0.5) is 0 Å². The summed E-state index contributed by atoms with van der Waals surface area (Å²) in [6, 6.07) is 7.70. The molecule has 0 bridgehead atoms. The van der Waals surface area contributed by atoms with Crippen LogP contribution in [0, 0.1) is 7.05 Å². The monoisotopic (exact) mass is 191 g/mol. The van der Waals surface area contributed by atoms with E-state index >= 15 is 0 Å². The lowest BCUT2D eigenvalue weighted by Crippen LogP contribution is -2.81. The summed E-state index contributed by atoms with van der Waals surface area (Å²) in [5, 5.41) is 1.34. The number of carbonyl (C=O) groups is 1. The standard InChI is InChI=1S/C12H17NO/c1-12(2,3)10-7-5-9(6-8-10)11(14)13-4/h5-8H,4,13H2,1-3H3. The molecule has 0 heterocycles. The number of nitrogens with two attached hydrogens (primary N) is 1. The summed E-state index contributed by atoms with van der Waals surface area (Å²) in [5.74, 6) is -0.0227. The van der Waals surface area contributed by atoms with Crippen LogP contribution in [0.5, 0.6) is 0 Å². The van der Waals surface area contributed by atoms with Crippen molar-refractivity contribution >= 4 is 5.91 Å². The van der Waals surface area contributed by atoms with Crippen LogP contribution >= 0.6 is 0 Å². The number of benzene rings is 1. The van der Waals surface area contributed by atoms with Crippen LogP contribution in [-0.2, 0) is 5.41 Å². The van der Waals surface area contributed by atoms with Crippen molar-refractivity contribution in [3.05, 3.63) is 42.4 Å². The fourth-order valence-corrected chi connectivity index (χ4v) is 1.25. The van der Waals surface area contributed by atoms with Crippen molar-refractivity contribution in [2.75, 3.05) is 0 Å². The van der Waals surface area contributed by atoms with E-state index in [2.05, 4.69) is 27.8 Å². The lowest BCUT2D eigenvalue weighted by molar-refractivity contribution is -0.489. The van der Waals surface area contributed by atoms with Gasteiger partial charge in [-0.1, -0.05) is 32.9 Å². The Balaban J connectivity index is 2.95. The van der Waals surface area contributed by atoms with Gasteiger partial charge in [0.25, 0.3) is 0 Å². The fraction of sp³-hybridized carbons (Fsp3) is 0.333. The average Bonchev–Trinajstić information content (AvgIpc) is 2.15. The molecule has 0 unspecified atom stereocenters. The van der Waals surface area contributed by atoms with E-state index < -0.39 is 0 Å². The summed E-state index contributed by atoms with van der Waals surface area (Å²) in [7, 11) is 3.46. The number of rotatable bonds is 1. The van der Waals surface area contributed by atoms with E-state index in [1.807, 2.05) is 24.3 Å². The second-order valence-corrected chi connectivity index (χ2v) is 4.40. The van der Waals surface area contributed by atoms with Crippen molar-refractivity contribution in [1.29, 1.82) is 0 Å². The van der Waals surface area contributed by atoms with Gasteiger partial charge >= 0.3 is 5.91 Å². The number of carbonyl (C=O) groups excluding carboxylic acids is 1. The molecule has 0 spiro atoms. The molecule has 0 aliphatic rings. The maximum absolute atomic E-state index is 11.3. The minimum Gasteiger partial charge on any atom is -0.411 e. The number of primary amides is 1. The van der Waals surface area contributed by atoms with E-state index in [0.717, 1.165) is 0 Å². The van der Waals surface area contributed by atoms with Crippen LogP contribution in [0.25, 0.3) is 0 Å². The summed E-state index contributed by atoms with van der Waals surface area (Å²) in [6.07, 6.45) is 0. The molecule has 0 saturated carbocycles. The van der Waals surface area contributed by atoms with Crippen molar-refractivity contribution in [2.24, 2.45) is 0 Å². The molecular weight excluding hydrogens is 174 g/mol. The van der Waals surface area contributed by atoms with Gasteiger partial charge in [-0.15, -0.1) is 7.05 Å². The third-order valence-corrected chi connectivity index (χ3v) is 2.22. The Morgan fingerprint density at radius 1 is 1.21 bits per heavy atom. The number of quaternary nitrogens is 1. The van der Waals surface area contributed by atoms with E-state index in [0.29, 0.717) is 5.56 Å². The lowest BCUT2D eigenvalue weighted by atomic mass is 9.87. The van der Waals surface area contributed by atoms with Crippen LogP contribution in [0.3, 0.4) is 0 Å². The highest BCUT2D eigenvalue weighted by Gasteiger charge is 2.14. The predicted molar refractivity (Wildman–Crippen MR) is 56.8 cm³/mol. The zero-order chi connectivity index (χ0) is 10.8. The molecular formula is C12H17NO. The van der Waals surface area contributed by atoms with Crippen molar-refractivity contribution < 1.29 is 10.1 Å². The van der Waals surface area contributed by atoms with Gasteiger partial charge in [0.1, 0.15) is 0 Å². The van der Waals surface area contributed by atoms with E-state index in [1.54, 1.807) is 0 Å². The van der Waals surface area contributed by atoms with Gasteiger partial charge in [-0.05, 0) is 23.1 Å². The van der Waals surface area contributed by atoms with Crippen LogP contribution < -0.4 is 5.32 Å². The summed E-state index contributed by atoms with van der Waals surface area (Å²) in [4.78, 5) is 11.3. The highest BCUT2D eigenvalue weighted by molar-refractivity contribution is 5.86. The van der Waals surface area contributed by atoms with Crippen molar-refractivity contribution in [3.8, 4) is 0 Å². The SMILES string of the molecule is [CH2-][NH2+]C(=O)c1ccc(C(C)(C)C)cc1. The smallest absolute Gasteiger partial charge is 0.316 e. The molecule has 0 aliphatic heterocycles. The summed E-state index contributed by atoms with van der Waals surface area (Å²) < 4.78 is 0. The molecule has 1 amide bonds. The quantitative estimate of drug-likeness (QED) is 0.670. The highest BCUT2D eigenvalue weighted by atomic mass is 16.1. The van der Waals surface area contributed by atoms with E-state index in [-0.39, 0.29) is 11.3 Å². The minimum absolute atomic E-state index is 0.0227. The van der Waals surface area contributed by atoms with Crippen molar-refractivity contribution in [3.63, 3.8) is 0 Å². The molecule has 2 N–H and O–H groups in total. The Morgan fingerprint density at radius 2 is 1.71 bits per heavy atom. The van der Waals surface area contributed by atoms with Crippen LogP contribution in [0.15, 0.2) is 24.3 Å². The molecule has 0 radical (unpaired) electrons. The first-order valence-electron chi connectivity index (χ1n) is 4.72. The van der Waals surface area contributed by atoms with Gasteiger partial charge in [0.15, 0.2) is 0 Å². The molecule has 2 heteroatoms. The first-order valence-corrected chi connectivity index (χ1v) is 4.72. The van der Waals surface area contributed by atoms with Crippen molar-refractivity contribution in [1.82, 2.24) is 0 Å². The molecule has 1 rings (SSSR count). The maximum Gasteiger partial charge on any atom is 0.316 e. The first kappa shape index (κ1) is 10.9. The molecule has 1 aromatic rings. The van der Waals surface area contributed by atoms with E-state index in [4.69, 9.17) is 0 Å². The number of hydrogen-bond acceptors (Lipinski definition) is 1. The Kier molecular flexibility index (Phi) is 3.06. The summed E-state index contributed by atoms with van der Waals surface area (Å²) >= 11 is 0. The van der Waals surface area contributed by atoms with Gasteiger partial charge in [0.05, 0.1) is 5.56 Å². The maximum atomic E-state index is 11.3. The average molecular weight is 191 g/mol. The van der Waals surface area contributed by atoms with Gasteiger partial charge in [-0.3, -0.25) is 0 Å². The Bertz CT molecular complexity index is 319. The Hall–Kier alpha value is -1.15. The third kappa shape index (κ3) is 2.42. The van der Waals surface area contributed by atoms with Gasteiger partial charge in [0.2, 0.25) is 0 Å². The molecule has 2 nitrogen and oxygen atoms in total. The molecule has 0 saturated heterocycles. The zero-order valence-electron chi connectivity index (χ0n) is 9.00. The predicted octanol–water partition coefficient (Wildman–Crippen LogP) is 1.48. The topological polar surface area (TPSA) is 33.7 Å². The fourth-order valence-electron chi connectivity index (χ4n) is 1.25. The van der Waals surface area contributed by atoms with E-state index in [9.17, 15) is 4.79 Å². The first-order chi connectivity index (χ1) is 6.45. The molecule has 76 valence electrons. The largest absolute Gasteiger partial charge is 0.411 e. The lowest BCUT2D eigenvalue weighted by Gasteiger charge is -2.18. The number of hydrogen-bond donors (Lipinski definition) is 1. The van der Waals surface area contributed by atoms with Crippen LogP contribution in [-0.4, -0.2) is 5.91 Å². The van der Waals surface area contributed by atoms with Gasteiger partial charge in [-0.25, -0.2) is 4.79 Å². The molecule has 0 atom stereocenters. The number of amides is 1. The molecule has 14 heavy (non-hydrogen) atoms. The van der Waals surface area contributed by atoms with Gasteiger partial charge < -0.3 is 5.32 Å². The minimum atomic E-state index is -0.0227. The van der Waals surface area contributed by atoms with E-state index in [1.165, 1.54) is 10.9 Å². The third-order valence-electron chi connectivity index (χ3n) is 2.22. The second-order valence-electron chi connectivity index (χ2n) is 4.40. The summed E-state index contributed by atoms with van der Waals surface area (Å²) in [5.41, 5.74) is 2.07. The molecule has 0 fully saturated rings. The molecule has 0 aromatic heterocycles. The summed E-state index contributed by atoms with van der Waals surface area (Å²) in [6.45, 7) is 6.45. The zero-order valence-corrected chi connectivity index (χ0v) is 9.00. The Morgan fingerprint density at radius 3 is 2.07 bits per heavy atom. The van der Waals surface area contributed by atoms with Crippen LogP contribution in [0.2, 0.25) is 0 Å². The van der Waals surface area contributed by atoms with Gasteiger partial charge in [0, 0.05) is 0 Å². The molecule has 1 aromatic carbocycles. The molecule has 0 aliphatic carbocycles. The second kappa shape index (κ2) is 3.93.